The molecule has 0 heterocycles. The molecule has 0 bridgehead atoms. The van der Waals surface area contributed by atoms with E-state index in [4.69, 9.17) is 5.26 Å². The highest BCUT2D eigenvalue weighted by molar-refractivity contribution is 5.68. The van der Waals surface area contributed by atoms with E-state index in [1.807, 2.05) is 6.08 Å². The summed E-state index contributed by atoms with van der Waals surface area (Å²) in [6.45, 7) is 2.24. The van der Waals surface area contributed by atoms with E-state index in [0.29, 0.717) is 12.2 Å². The summed E-state index contributed by atoms with van der Waals surface area (Å²) in [5, 5.41) is 8.90. The maximum atomic E-state index is 11.0. The molecule has 0 saturated heterocycles. The minimum absolute atomic E-state index is 0.140. The van der Waals surface area contributed by atoms with Crippen LogP contribution in [0.3, 0.4) is 0 Å². The number of rotatable bonds is 16. The van der Waals surface area contributed by atoms with E-state index >= 15 is 0 Å². The van der Waals surface area contributed by atoms with Crippen LogP contribution in [0.15, 0.2) is 11.8 Å². The number of methoxy groups -OCH3 is 1. The molecule has 0 atom stereocenters. The molecule has 23 heavy (non-hydrogen) atoms. The second-order valence-electron chi connectivity index (χ2n) is 6.16. The maximum absolute atomic E-state index is 11.0. The first-order valence-corrected chi connectivity index (χ1v) is 9.31. The first-order valence-electron chi connectivity index (χ1n) is 9.31. The molecule has 0 radical (unpaired) electrons. The third kappa shape index (κ3) is 15.6. The Morgan fingerprint density at radius 3 is 2.04 bits per heavy atom. The molecular weight excluding hydrogens is 292 g/mol. The van der Waals surface area contributed by atoms with Crippen molar-refractivity contribution in [2.45, 2.75) is 96.8 Å². The Labute approximate surface area is 142 Å². The van der Waals surface area contributed by atoms with Crippen molar-refractivity contribution in [3.63, 3.8) is 0 Å². The van der Waals surface area contributed by atoms with Gasteiger partial charge in [0.15, 0.2) is 0 Å². The highest BCUT2D eigenvalue weighted by Crippen LogP contribution is 2.14. The van der Waals surface area contributed by atoms with Crippen molar-refractivity contribution >= 4 is 5.97 Å². The molecule has 0 aliphatic carbocycles. The normalized spacial score (nSPS) is 11.5. The van der Waals surface area contributed by atoms with Gasteiger partial charge in [-0.3, -0.25) is 4.79 Å². The minimum Gasteiger partial charge on any atom is -0.469 e. The van der Waals surface area contributed by atoms with E-state index in [2.05, 4.69) is 16.5 Å². The fourth-order valence-electron chi connectivity index (χ4n) is 2.57. The van der Waals surface area contributed by atoms with Crippen LogP contribution in [0.2, 0.25) is 0 Å². The van der Waals surface area contributed by atoms with Gasteiger partial charge in [0.25, 0.3) is 0 Å². The number of unbranched alkanes of at least 4 members (excludes halogenated alkanes) is 10. The van der Waals surface area contributed by atoms with E-state index in [9.17, 15) is 4.79 Å². The fraction of sp³-hybridized carbons (Fsp3) is 0.842. The van der Waals surface area contributed by atoms with Gasteiger partial charge in [-0.05, 0) is 31.8 Å². The van der Waals surface area contributed by atoms with Crippen molar-refractivity contribution in [3.05, 3.63) is 11.8 Å². The predicted octanol–water partition coefficient (Wildman–Crippen LogP) is 6.01. The van der Waals surface area contributed by atoms with Gasteiger partial charge in [0.05, 0.1) is 7.11 Å². The molecule has 0 fully saturated rings. The van der Waals surface area contributed by atoms with Crippen LogP contribution < -0.4 is 0 Å². The lowest BCUT2D eigenvalue weighted by molar-refractivity contribution is -0.206. The SMILES string of the molecule is CCCCCCCCCC=C(CCCCCCC(=O)OC)OO. The van der Waals surface area contributed by atoms with Crippen molar-refractivity contribution < 1.29 is 19.7 Å². The summed E-state index contributed by atoms with van der Waals surface area (Å²) in [5.41, 5.74) is 0. The first-order chi connectivity index (χ1) is 11.2. The smallest absolute Gasteiger partial charge is 0.305 e. The molecule has 0 aliphatic rings. The Morgan fingerprint density at radius 1 is 0.870 bits per heavy atom. The van der Waals surface area contributed by atoms with Crippen LogP contribution >= 0.6 is 0 Å². The van der Waals surface area contributed by atoms with Crippen LogP contribution in [0.1, 0.15) is 96.8 Å². The van der Waals surface area contributed by atoms with Gasteiger partial charge in [-0.1, -0.05) is 58.3 Å². The van der Waals surface area contributed by atoms with Crippen LogP contribution in [-0.2, 0) is 14.4 Å². The Balaban J connectivity index is 3.51. The largest absolute Gasteiger partial charge is 0.469 e. The van der Waals surface area contributed by atoms with Gasteiger partial charge in [0.2, 0.25) is 0 Å². The van der Waals surface area contributed by atoms with Crippen LogP contribution in [0.4, 0.5) is 0 Å². The fourth-order valence-corrected chi connectivity index (χ4v) is 2.57. The average molecular weight is 328 g/mol. The summed E-state index contributed by atoms with van der Waals surface area (Å²) >= 11 is 0. The summed E-state index contributed by atoms with van der Waals surface area (Å²) in [4.78, 5) is 15.4. The third-order valence-electron chi connectivity index (χ3n) is 4.08. The van der Waals surface area contributed by atoms with Crippen LogP contribution in [0.25, 0.3) is 0 Å². The molecule has 0 spiro atoms. The molecular formula is C19H36O4. The quantitative estimate of drug-likeness (QED) is 0.124. The molecule has 1 N–H and O–H groups in total. The molecule has 0 aromatic carbocycles. The molecule has 0 unspecified atom stereocenters. The molecule has 4 nitrogen and oxygen atoms in total. The summed E-state index contributed by atoms with van der Waals surface area (Å²) in [5.74, 6) is 0.544. The number of allylic oxidation sites excluding steroid dienone is 2. The second kappa shape index (κ2) is 17.3. The van der Waals surface area contributed by atoms with Crippen molar-refractivity contribution in [1.82, 2.24) is 0 Å². The first kappa shape index (κ1) is 22.0. The Hall–Kier alpha value is -1.03. The molecule has 0 aliphatic heterocycles. The van der Waals surface area contributed by atoms with E-state index in [-0.39, 0.29) is 5.97 Å². The number of hydrogen-bond acceptors (Lipinski definition) is 4. The summed E-state index contributed by atoms with van der Waals surface area (Å²) in [6.07, 6.45) is 17.2. The van der Waals surface area contributed by atoms with E-state index in [1.165, 1.54) is 45.6 Å². The van der Waals surface area contributed by atoms with Gasteiger partial charge >= 0.3 is 5.97 Å². The Bertz CT molecular complexity index is 300. The van der Waals surface area contributed by atoms with Crippen molar-refractivity contribution in [1.29, 1.82) is 0 Å². The summed E-state index contributed by atoms with van der Waals surface area (Å²) < 4.78 is 4.60. The molecule has 0 aromatic rings. The zero-order valence-electron chi connectivity index (χ0n) is 15.1. The van der Waals surface area contributed by atoms with E-state index in [0.717, 1.165) is 44.9 Å². The van der Waals surface area contributed by atoms with Gasteiger partial charge < -0.3 is 9.62 Å². The monoisotopic (exact) mass is 328 g/mol. The topological polar surface area (TPSA) is 55.8 Å². The number of carbonyl (C=O) groups is 1. The average Bonchev–Trinajstić information content (AvgIpc) is 2.57. The molecule has 0 saturated carbocycles. The minimum atomic E-state index is -0.140. The van der Waals surface area contributed by atoms with Gasteiger partial charge in [0, 0.05) is 12.8 Å². The lowest BCUT2D eigenvalue weighted by Gasteiger charge is -2.04. The number of ether oxygens (including phenoxy) is 1. The standard InChI is InChI=1S/C19H36O4/c1-3-4-5-6-7-8-9-12-15-18(23-21)16-13-10-11-14-17-19(20)22-2/h15,21H,3-14,16-17H2,1-2H3. The van der Waals surface area contributed by atoms with Gasteiger partial charge in [-0.2, -0.15) is 0 Å². The van der Waals surface area contributed by atoms with E-state index in [1.54, 1.807) is 0 Å². The molecule has 4 heteroatoms. The van der Waals surface area contributed by atoms with Gasteiger partial charge in [-0.25, -0.2) is 5.26 Å². The summed E-state index contributed by atoms with van der Waals surface area (Å²) in [6, 6.07) is 0. The van der Waals surface area contributed by atoms with E-state index < -0.39 is 0 Å². The Morgan fingerprint density at radius 2 is 1.43 bits per heavy atom. The maximum Gasteiger partial charge on any atom is 0.305 e. The predicted molar refractivity (Wildman–Crippen MR) is 94.1 cm³/mol. The van der Waals surface area contributed by atoms with Crippen molar-refractivity contribution in [2.24, 2.45) is 0 Å². The van der Waals surface area contributed by atoms with Crippen LogP contribution in [0, 0.1) is 0 Å². The summed E-state index contributed by atoms with van der Waals surface area (Å²) in [7, 11) is 1.42. The molecule has 0 aromatic heterocycles. The van der Waals surface area contributed by atoms with Crippen LogP contribution in [0.5, 0.6) is 0 Å². The molecule has 136 valence electrons. The third-order valence-corrected chi connectivity index (χ3v) is 4.08. The zero-order chi connectivity index (χ0) is 17.2. The number of carbonyl (C=O) groups excluding carboxylic acids is 1. The van der Waals surface area contributed by atoms with Gasteiger partial charge in [-0.15, -0.1) is 0 Å². The lowest BCUT2D eigenvalue weighted by atomic mass is 10.1. The van der Waals surface area contributed by atoms with Crippen molar-refractivity contribution in [3.8, 4) is 0 Å². The number of hydrogen-bond donors (Lipinski definition) is 1. The molecule has 0 amide bonds. The lowest BCUT2D eigenvalue weighted by Crippen LogP contribution is -1.99. The number of esters is 1. The molecule has 0 rings (SSSR count). The van der Waals surface area contributed by atoms with Crippen LogP contribution in [-0.4, -0.2) is 18.3 Å². The Kier molecular flexibility index (Phi) is 16.5. The highest BCUT2D eigenvalue weighted by Gasteiger charge is 2.01. The zero-order valence-corrected chi connectivity index (χ0v) is 15.1. The highest BCUT2D eigenvalue weighted by atomic mass is 17.1. The van der Waals surface area contributed by atoms with Crippen molar-refractivity contribution in [2.75, 3.05) is 7.11 Å². The van der Waals surface area contributed by atoms with Gasteiger partial charge in [0.1, 0.15) is 5.76 Å². The second-order valence-corrected chi connectivity index (χ2v) is 6.16.